The monoisotopic (exact) mass is 345 g/mol. The zero-order valence-electron chi connectivity index (χ0n) is 16.3. The number of nitrogens with zero attached hydrogens (tertiary/aromatic N) is 3. The average molecular weight is 345 g/mol. The number of hydrogen-bond acceptors (Lipinski definition) is 4. The van der Waals surface area contributed by atoms with Crippen molar-refractivity contribution in [2.45, 2.75) is 60.4 Å². The van der Waals surface area contributed by atoms with E-state index in [4.69, 9.17) is 4.74 Å². The molecule has 25 heavy (non-hydrogen) atoms. The third kappa shape index (κ3) is 4.61. The molecule has 0 radical (unpaired) electrons. The van der Waals surface area contributed by atoms with Crippen LogP contribution in [0.4, 0.5) is 0 Å². The van der Waals surface area contributed by atoms with Crippen molar-refractivity contribution >= 4 is 0 Å². The molecule has 138 valence electrons. The van der Waals surface area contributed by atoms with Gasteiger partial charge >= 0.3 is 0 Å². The molecule has 0 atom stereocenters. The van der Waals surface area contributed by atoms with Crippen LogP contribution in [0, 0.1) is 13.8 Å². The van der Waals surface area contributed by atoms with Gasteiger partial charge in [-0.25, -0.2) is 0 Å². The van der Waals surface area contributed by atoms with E-state index >= 15 is 0 Å². The van der Waals surface area contributed by atoms with Gasteiger partial charge in [-0.2, -0.15) is 5.10 Å². The zero-order valence-corrected chi connectivity index (χ0v) is 16.3. The number of aryl methyl sites for hydroxylation is 2. The van der Waals surface area contributed by atoms with E-state index in [1.807, 2.05) is 30.8 Å². The number of benzene rings is 1. The normalized spacial score (nSPS) is 11.6. The summed E-state index contributed by atoms with van der Waals surface area (Å²) in [5, 5.41) is 14.1. The second-order valence-corrected chi connectivity index (χ2v) is 6.80. The predicted octanol–water partition coefficient (Wildman–Crippen LogP) is 3.34. The first-order chi connectivity index (χ1) is 11.9. The Morgan fingerprint density at radius 3 is 2.48 bits per heavy atom. The summed E-state index contributed by atoms with van der Waals surface area (Å²) in [6.45, 7) is 12.8. The minimum Gasteiger partial charge on any atom is -0.494 e. The van der Waals surface area contributed by atoms with E-state index in [-0.39, 0.29) is 6.61 Å². The van der Waals surface area contributed by atoms with E-state index in [1.165, 1.54) is 16.8 Å². The van der Waals surface area contributed by atoms with Crippen LogP contribution >= 0.6 is 0 Å². The second-order valence-electron chi connectivity index (χ2n) is 6.80. The first-order valence-corrected chi connectivity index (χ1v) is 8.95. The molecule has 0 aliphatic rings. The number of aromatic nitrogens is 2. The van der Waals surface area contributed by atoms with Crippen molar-refractivity contribution in [3.63, 3.8) is 0 Å². The van der Waals surface area contributed by atoms with Gasteiger partial charge in [-0.05, 0) is 52.3 Å². The summed E-state index contributed by atoms with van der Waals surface area (Å²) in [6.07, 6.45) is 0. The molecule has 2 rings (SSSR count). The molecule has 0 unspecified atom stereocenters. The molecule has 2 aromatic rings. The van der Waals surface area contributed by atoms with E-state index < -0.39 is 0 Å². The fourth-order valence-electron chi connectivity index (χ4n) is 3.06. The Morgan fingerprint density at radius 2 is 1.96 bits per heavy atom. The Kier molecular flexibility index (Phi) is 6.62. The SMILES string of the molecule is CCOc1ccc(CN(Cc2c(C)nn(C)c2C)C(C)C)cc1CO. The Balaban J connectivity index is 2.22. The van der Waals surface area contributed by atoms with Gasteiger partial charge in [0.15, 0.2) is 0 Å². The second kappa shape index (κ2) is 8.50. The summed E-state index contributed by atoms with van der Waals surface area (Å²) in [7, 11) is 1.99. The molecule has 0 saturated heterocycles. The highest BCUT2D eigenvalue weighted by Crippen LogP contribution is 2.23. The summed E-state index contributed by atoms with van der Waals surface area (Å²) < 4.78 is 7.53. The number of aliphatic hydroxyl groups is 1. The quantitative estimate of drug-likeness (QED) is 0.797. The maximum atomic E-state index is 9.62. The van der Waals surface area contributed by atoms with Gasteiger partial charge in [-0.15, -0.1) is 0 Å². The molecule has 0 amide bonds. The lowest BCUT2D eigenvalue weighted by Crippen LogP contribution is -2.30. The van der Waals surface area contributed by atoms with E-state index in [2.05, 4.69) is 43.8 Å². The van der Waals surface area contributed by atoms with Gasteiger partial charge in [-0.1, -0.05) is 6.07 Å². The van der Waals surface area contributed by atoms with Crippen molar-refractivity contribution in [2.75, 3.05) is 6.61 Å². The largest absolute Gasteiger partial charge is 0.494 e. The van der Waals surface area contributed by atoms with E-state index in [0.29, 0.717) is 12.6 Å². The fraction of sp³-hybridized carbons (Fsp3) is 0.550. The summed E-state index contributed by atoms with van der Waals surface area (Å²) in [6, 6.07) is 6.50. The van der Waals surface area contributed by atoms with Crippen molar-refractivity contribution in [3.8, 4) is 5.75 Å². The highest BCUT2D eigenvalue weighted by atomic mass is 16.5. The Morgan fingerprint density at radius 1 is 1.24 bits per heavy atom. The molecule has 0 spiro atoms. The van der Waals surface area contributed by atoms with Crippen LogP contribution in [-0.4, -0.2) is 32.4 Å². The van der Waals surface area contributed by atoms with Gasteiger partial charge in [0.2, 0.25) is 0 Å². The van der Waals surface area contributed by atoms with Crippen LogP contribution in [-0.2, 0) is 26.7 Å². The van der Waals surface area contributed by atoms with Crippen molar-refractivity contribution in [1.29, 1.82) is 0 Å². The molecular formula is C20H31N3O2. The topological polar surface area (TPSA) is 50.5 Å². The maximum absolute atomic E-state index is 9.62. The van der Waals surface area contributed by atoms with Crippen LogP contribution in [0.15, 0.2) is 18.2 Å². The summed E-state index contributed by atoms with van der Waals surface area (Å²) in [5.41, 5.74) is 5.63. The fourth-order valence-corrected chi connectivity index (χ4v) is 3.06. The van der Waals surface area contributed by atoms with Crippen LogP contribution in [0.25, 0.3) is 0 Å². The Labute approximate surface area is 151 Å². The smallest absolute Gasteiger partial charge is 0.124 e. The van der Waals surface area contributed by atoms with Crippen LogP contribution < -0.4 is 4.74 Å². The van der Waals surface area contributed by atoms with Crippen LogP contribution in [0.5, 0.6) is 5.75 Å². The van der Waals surface area contributed by atoms with Gasteiger partial charge < -0.3 is 9.84 Å². The third-order valence-corrected chi connectivity index (χ3v) is 4.73. The van der Waals surface area contributed by atoms with Gasteiger partial charge in [0.05, 0.1) is 18.9 Å². The standard InChI is InChI=1S/C20H31N3O2/c1-7-25-20-9-8-17(10-18(20)13-24)11-23(14(2)3)12-19-15(4)21-22(6)16(19)5/h8-10,14,24H,7,11-13H2,1-6H3. The van der Waals surface area contributed by atoms with Crippen LogP contribution in [0.1, 0.15) is 48.8 Å². The minimum absolute atomic E-state index is 0.00826. The lowest BCUT2D eigenvalue weighted by molar-refractivity contribution is 0.202. The number of ether oxygens (including phenoxy) is 1. The highest BCUT2D eigenvalue weighted by molar-refractivity contribution is 5.37. The van der Waals surface area contributed by atoms with E-state index in [9.17, 15) is 5.11 Å². The van der Waals surface area contributed by atoms with Crippen molar-refractivity contribution < 1.29 is 9.84 Å². The minimum atomic E-state index is -0.00826. The lowest BCUT2D eigenvalue weighted by atomic mass is 10.1. The van der Waals surface area contributed by atoms with Crippen LogP contribution in [0.3, 0.4) is 0 Å². The molecule has 0 aliphatic heterocycles. The molecule has 0 aliphatic carbocycles. The number of aliphatic hydroxyl groups excluding tert-OH is 1. The Hall–Kier alpha value is -1.85. The molecule has 5 heteroatoms. The first kappa shape index (κ1) is 19.5. The van der Waals surface area contributed by atoms with Crippen molar-refractivity contribution in [2.24, 2.45) is 7.05 Å². The average Bonchev–Trinajstić information content (AvgIpc) is 2.81. The summed E-state index contributed by atoms with van der Waals surface area (Å²) in [5.74, 6) is 0.767. The van der Waals surface area contributed by atoms with Gasteiger partial charge in [-0.3, -0.25) is 9.58 Å². The molecule has 1 aromatic heterocycles. The number of rotatable bonds is 8. The predicted molar refractivity (Wildman–Crippen MR) is 101 cm³/mol. The molecule has 1 aromatic carbocycles. The van der Waals surface area contributed by atoms with Crippen molar-refractivity contribution in [1.82, 2.24) is 14.7 Å². The van der Waals surface area contributed by atoms with Gasteiger partial charge in [0, 0.05) is 43.0 Å². The molecule has 1 heterocycles. The van der Waals surface area contributed by atoms with Gasteiger partial charge in [0.25, 0.3) is 0 Å². The lowest BCUT2D eigenvalue weighted by Gasteiger charge is -2.27. The van der Waals surface area contributed by atoms with Gasteiger partial charge in [0.1, 0.15) is 5.75 Å². The highest BCUT2D eigenvalue weighted by Gasteiger charge is 2.17. The molecule has 0 saturated carbocycles. The van der Waals surface area contributed by atoms with Crippen LogP contribution in [0.2, 0.25) is 0 Å². The van der Waals surface area contributed by atoms with E-state index in [1.54, 1.807) is 0 Å². The molecular weight excluding hydrogens is 314 g/mol. The molecule has 0 fully saturated rings. The van der Waals surface area contributed by atoms with Crippen molar-refractivity contribution in [3.05, 3.63) is 46.3 Å². The molecule has 5 nitrogen and oxygen atoms in total. The summed E-state index contributed by atoms with van der Waals surface area (Å²) >= 11 is 0. The molecule has 1 N–H and O–H groups in total. The summed E-state index contributed by atoms with van der Waals surface area (Å²) in [4.78, 5) is 2.42. The maximum Gasteiger partial charge on any atom is 0.124 e. The molecule has 0 bridgehead atoms. The first-order valence-electron chi connectivity index (χ1n) is 8.95. The van der Waals surface area contributed by atoms with E-state index in [0.717, 1.165) is 30.1 Å². The number of hydrogen-bond donors (Lipinski definition) is 1. The Bertz CT molecular complexity index is 707. The third-order valence-electron chi connectivity index (χ3n) is 4.73. The zero-order chi connectivity index (χ0) is 18.6.